The lowest BCUT2D eigenvalue weighted by Gasteiger charge is -2.24. The van der Waals surface area contributed by atoms with Crippen molar-refractivity contribution < 1.29 is 4.74 Å². The molecule has 1 aliphatic rings. The van der Waals surface area contributed by atoms with E-state index in [9.17, 15) is 0 Å². The second-order valence-electron chi connectivity index (χ2n) is 5.09. The molecule has 0 bridgehead atoms. The largest absolute Gasteiger partial charge is 0.488 e. The Morgan fingerprint density at radius 1 is 1.50 bits per heavy atom. The minimum Gasteiger partial charge on any atom is -0.488 e. The monoisotopic (exact) mass is 311 g/mol. The molecule has 1 aliphatic heterocycles. The highest BCUT2D eigenvalue weighted by Crippen LogP contribution is 2.31. The van der Waals surface area contributed by atoms with Crippen LogP contribution in [-0.4, -0.2) is 19.2 Å². The highest BCUT2D eigenvalue weighted by molar-refractivity contribution is 9.10. The summed E-state index contributed by atoms with van der Waals surface area (Å²) in [6, 6.07) is 6.48. The van der Waals surface area contributed by atoms with Crippen LogP contribution in [0.25, 0.3) is 0 Å². The van der Waals surface area contributed by atoms with Crippen LogP contribution in [-0.2, 0) is 0 Å². The smallest absolute Gasteiger partial charge is 0.133 e. The first-order chi connectivity index (χ1) is 8.70. The van der Waals surface area contributed by atoms with Gasteiger partial charge in [0.2, 0.25) is 0 Å². The molecule has 100 valence electrons. The van der Waals surface area contributed by atoms with E-state index >= 15 is 0 Å². The maximum atomic E-state index is 6.05. The van der Waals surface area contributed by atoms with E-state index in [0.717, 1.165) is 29.7 Å². The van der Waals surface area contributed by atoms with E-state index in [2.05, 4.69) is 53.3 Å². The van der Waals surface area contributed by atoms with Gasteiger partial charge in [-0.3, -0.25) is 0 Å². The van der Waals surface area contributed by atoms with Crippen LogP contribution in [0.15, 0.2) is 22.7 Å². The fourth-order valence-corrected chi connectivity index (χ4v) is 2.74. The van der Waals surface area contributed by atoms with Gasteiger partial charge in [0.05, 0.1) is 4.47 Å². The number of hydrogen-bond donors (Lipinski definition) is 1. The number of hydrogen-bond acceptors (Lipinski definition) is 2. The fraction of sp³-hybridized carbons (Fsp3) is 0.600. The number of nitrogens with one attached hydrogen (secondary N) is 1. The number of ether oxygens (including phenoxy) is 1. The van der Waals surface area contributed by atoms with Crippen molar-refractivity contribution >= 4 is 15.9 Å². The molecule has 1 saturated heterocycles. The molecule has 0 aromatic heterocycles. The van der Waals surface area contributed by atoms with E-state index in [1.807, 2.05) is 0 Å². The molecule has 0 unspecified atom stereocenters. The van der Waals surface area contributed by atoms with Crippen molar-refractivity contribution in [3.05, 3.63) is 28.2 Å². The summed E-state index contributed by atoms with van der Waals surface area (Å²) in [5, 5.41) is 3.37. The Balaban J connectivity index is 2.04. The third-order valence-electron chi connectivity index (χ3n) is 3.68. The van der Waals surface area contributed by atoms with Gasteiger partial charge >= 0.3 is 0 Å². The van der Waals surface area contributed by atoms with E-state index < -0.39 is 0 Å². The van der Waals surface area contributed by atoms with Gasteiger partial charge in [-0.2, -0.15) is 0 Å². The van der Waals surface area contributed by atoms with E-state index in [-0.39, 0.29) is 0 Å². The van der Waals surface area contributed by atoms with Gasteiger partial charge in [0.25, 0.3) is 0 Å². The van der Waals surface area contributed by atoms with Crippen LogP contribution in [0.1, 0.15) is 44.6 Å². The Morgan fingerprint density at radius 2 is 2.33 bits per heavy atom. The van der Waals surface area contributed by atoms with Crippen molar-refractivity contribution in [3.8, 4) is 5.75 Å². The Bertz CT molecular complexity index is 388. The average Bonchev–Trinajstić information content (AvgIpc) is 2.41. The minimum atomic E-state index is 0.310. The van der Waals surface area contributed by atoms with Crippen molar-refractivity contribution in [2.75, 3.05) is 13.1 Å². The molecule has 1 fully saturated rings. The molecule has 0 aliphatic carbocycles. The Kier molecular flexibility index (Phi) is 5.07. The number of piperidine rings is 1. The third kappa shape index (κ3) is 3.48. The summed E-state index contributed by atoms with van der Waals surface area (Å²) in [6.45, 7) is 6.55. The fourth-order valence-electron chi connectivity index (χ4n) is 2.25. The molecule has 1 N–H and O–H groups in total. The van der Waals surface area contributed by atoms with Crippen LogP contribution in [0.4, 0.5) is 0 Å². The van der Waals surface area contributed by atoms with Crippen LogP contribution in [0.5, 0.6) is 5.75 Å². The van der Waals surface area contributed by atoms with Crippen LogP contribution in [0.3, 0.4) is 0 Å². The maximum absolute atomic E-state index is 6.05. The van der Waals surface area contributed by atoms with Gasteiger partial charge in [0.1, 0.15) is 11.9 Å². The van der Waals surface area contributed by atoms with Gasteiger partial charge in [0.15, 0.2) is 0 Å². The number of rotatable bonds is 4. The number of halogens is 1. The molecule has 1 aromatic rings. The molecular weight excluding hydrogens is 290 g/mol. The van der Waals surface area contributed by atoms with Gasteiger partial charge < -0.3 is 10.1 Å². The normalized spacial score (nSPS) is 21.6. The summed E-state index contributed by atoms with van der Waals surface area (Å²) in [5.74, 6) is 1.57. The molecule has 2 rings (SSSR count). The predicted molar refractivity (Wildman–Crippen MR) is 79.4 cm³/mol. The van der Waals surface area contributed by atoms with Gasteiger partial charge in [-0.1, -0.05) is 19.9 Å². The molecule has 0 radical (unpaired) electrons. The molecule has 1 aromatic carbocycles. The Hall–Kier alpha value is -0.540. The lowest BCUT2D eigenvalue weighted by molar-refractivity contribution is 0.166. The molecular formula is C15H22BrNO. The molecule has 0 spiro atoms. The average molecular weight is 312 g/mol. The van der Waals surface area contributed by atoms with E-state index in [0.29, 0.717) is 12.0 Å². The quantitative estimate of drug-likeness (QED) is 0.904. The first-order valence-corrected chi connectivity index (χ1v) is 7.66. The van der Waals surface area contributed by atoms with Crippen LogP contribution >= 0.6 is 15.9 Å². The second-order valence-corrected chi connectivity index (χ2v) is 5.94. The first kappa shape index (κ1) is 13.9. The molecule has 1 heterocycles. The maximum Gasteiger partial charge on any atom is 0.133 e. The Labute approximate surface area is 118 Å². The van der Waals surface area contributed by atoms with Crippen molar-refractivity contribution in [3.63, 3.8) is 0 Å². The topological polar surface area (TPSA) is 21.3 Å². The highest BCUT2D eigenvalue weighted by atomic mass is 79.9. The van der Waals surface area contributed by atoms with Crippen molar-refractivity contribution in [2.45, 2.75) is 45.1 Å². The molecule has 2 atom stereocenters. The summed E-state index contributed by atoms with van der Waals surface area (Å²) >= 11 is 3.63. The number of benzene rings is 1. The third-order valence-corrected chi connectivity index (χ3v) is 4.30. The van der Waals surface area contributed by atoms with E-state index in [1.54, 1.807) is 0 Å². The van der Waals surface area contributed by atoms with Gasteiger partial charge in [-0.05, 0) is 65.4 Å². The van der Waals surface area contributed by atoms with Crippen molar-refractivity contribution in [1.29, 1.82) is 0 Å². The highest BCUT2D eigenvalue weighted by Gasteiger charge is 2.16. The molecule has 18 heavy (non-hydrogen) atoms. The molecule has 2 nitrogen and oxygen atoms in total. The lowest BCUT2D eigenvalue weighted by Crippen LogP contribution is -2.37. The summed E-state index contributed by atoms with van der Waals surface area (Å²) in [7, 11) is 0. The Morgan fingerprint density at radius 3 is 2.94 bits per heavy atom. The first-order valence-electron chi connectivity index (χ1n) is 6.87. The molecule has 0 amide bonds. The zero-order valence-electron chi connectivity index (χ0n) is 11.2. The molecule has 3 heteroatoms. The second kappa shape index (κ2) is 6.58. The SMILES string of the molecule is CC[C@@H](C)c1ccc(O[C@H]2CCCNC2)c(Br)c1. The summed E-state index contributed by atoms with van der Waals surface area (Å²) < 4.78 is 7.12. The van der Waals surface area contributed by atoms with E-state index in [1.165, 1.54) is 18.4 Å². The van der Waals surface area contributed by atoms with Crippen LogP contribution in [0, 0.1) is 0 Å². The van der Waals surface area contributed by atoms with Gasteiger partial charge in [0, 0.05) is 6.54 Å². The van der Waals surface area contributed by atoms with Gasteiger partial charge in [-0.25, -0.2) is 0 Å². The summed E-state index contributed by atoms with van der Waals surface area (Å²) in [5.41, 5.74) is 1.37. The van der Waals surface area contributed by atoms with Crippen LogP contribution < -0.4 is 10.1 Å². The summed E-state index contributed by atoms with van der Waals surface area (Å²) in [6.07, 6.45) is 3.82. The van der Waals surface area contributed by atoms with E-state index in [4.69, 9.17) is 4.74 Å². The van der Waals surface area contributed by atoms with Crippen molar-refractivity contribution in [2.24, 2.45) is 0 Å². The van der Waals surface area contributed by atoms with Gasteiger partial charge in [-0.15, -0.1) is 0 Å². The standard InChI is InChI=1S/C15H22BrNO/c1-3-11(2)12-6-7-15(14(16)9-12)18-13-5-4-8-17-10-13/h6-7,9,11,13,17H,3-5,8,10H2,1-2H3/t11-,13+/m1/s1. The minimum absolute atomic E-state index is 0.310. The van der Waals surface area contributed by atoms with Crippen molar-refractivity contribution in [1.82, 2.24) is 5.32 Å². The molecule has 0 saturated carbocycles. The zero-order valence-corrected chi connectivity index (χ0v) is 12.8. The lowest BCUT2D eigenvalue weighted by atomic mass is 9.99. The predicted octanol–water partition coefficient (Wildman–Crippen LogP) is 4.09. The zero-order chi connectivity index (χ0) is 13.0. The summed E-state index contributed by atoms with van der Waals surface area (Å²) in [4.78, 5) is 0. The van der Waals surface area contributed by atoms with Crippen LogP contribution in [0.2, 0.25) is 0 Å².